The molecule has 2 aliphatic rings. The van der Waals surface area contributed by atoms with Crippen LogP contribution in [-0.2, 0) is 14.3 Å². The number of hydrogen-bond acceptors (Lipinski definition) is 4. The van der Waals surface area contributed by atoms with E-state index in [1.165, 1.54) is 0 Å². The minimum absolute atomic E-state index is 0.101. The monoisotopic (exact) mass is 268 g/mol. The van der Waals surface area contributed by atoms with E-state index in [2.05, 4.69) is 13.8 Å². The van der Waals surface area contributed by atoms with Gasteiger partial charge in [0.25, 0.3) is 0 Å². The summed E-state index contributed by atoms with van der Waals surface area (Å²) in [5.41, 5.74) is -0.522. The van der Waals surface area contributed by atoms with E-state index in [9.17, 15) is 14.7 Å². The summed E-state index contributed by atoms with van der Waals surface area (Å²) in [7, 11) is 0. The molecule has 1 aliphatic carbocycles. The summed E-state index contributed by atoms with van der Waals surface area (Å²) in [6, 6.07) is 0. The molecular weight excluding hydrogens is 244 g/mol. The number of aliphatic hydroxyl groups is 1. The molecule has 0 aromatic heterocycles. The molecular formula is C15H24O4. The molecule has 0 amide bonds. The first-order valence-electron chi connectivity index (χ1n) is 7.13. The third-order valence-electron chi connectivity index (χ3n) is 5.06. The molecule has 3 atom stereocenters. The topological polar surface area (TPSA) is 63.6 Å². The largest absolute Gasteiger partial charge is 0.456 e. The smallest absolute Gasteiger partial charge is 0.306 e. The minimum atomic E-state index is -0.686. The zero-order valence-electron chi connectivity index (χ0n) is 12.1. The Morgan fingerprint density at radius 2 is 2.16 bits per heavy atom. The van der Waals surface area contributed by atoms with Gasteiger partial charge in [-0.15, -0.1) is 0 Å². The Balaban J connectivity index is 2.10. The maximum Gasteiger partial charge on any atom is 0.306 e. The SMILES string of the molecule is CC(=O)CCC1C(C2(CO)CCC(=O)O2)CC1(C)C. The van der Waals surface area contributed by atoms with E-state index in [-0.39, 0.29) is 29.7 Å². The fraction of sp³-hybridized carbons (Fsp3) is 0.867. The summed E-state index contributed by atoms with van der Waals surface area (Å²) in [6.07, 6.45) is 3.35. The van der Waals surface area contributed by atoms with E-state index in [1.54, 1.807) is 6.92 Å². The molecule has 0 aromatic carbocycles. The van der Waals surface area contributed by atoms with Gasteiger partial charge < -0.3 is 14.6 Å². The molecule has 0 radical (unpaired) electrons. The van der Waals surface area contributed by atoms with E-state index in [0.29, 0.717) is 25.2 Å². The van der Waals surface area contributed by atoms with Crippen LogP contribution in [0.25, 0.3) is 0 Å². The number of carbonyl (C=O) groups is 2. The molecule has 19 heavy (non-hydrogen) atoms. The first-order valence-corrected chi connectivity index (χ1v) is 7.13. The van der Waals surface area contributed by atoms with E-state index in [1.807, 2.05) is 0 Å². The molecule has 4 heteroatoms. The first kappa shape index (κ1) is 14.5. The highest BCUT2D eigenvalue weighted by Crippen LogP contribution is 2.59. The molecule has 3 unspecified atom stereocenters. The standard InChI is InChI=1S/C15H24O4/c1-10(17)4-5-11-12(8-14(11,2)3)15(9-16)7-6-13(18)19-15/h11-12,16H,4-9H2,1-3H3. The molecule has 1 N–H and O–H groups in total. The minimum Gasteiger partial charge on any atom is -0.456 e. The van der Waals surface area contributed by atoms with Gasteiger partial charge in [0.1, 0.15) is 11.4 Å². The Hall–Kier alpha value is -0.900. The fourth-order valence-corrected chi connectivity index (χ4v) is 3.88. The number of esters is 1. The Labute approximate surface area is 114 Å². The van der Waals surface area contributed by atoms with E-state index >= 15 is 0 Å². The van der Waals surface area contributed by atoms with Crippen molar-refractivity contribution in [3.63, 3.8) is 0 Å². The summed E-state index contributed by atoms with van der Waals surface area (Å²) in [4.78, 5) is 22.6. The van der Waals surface area contributed by atoms with Gasteiger partial charge in [-0.25, -0.2) is 0 Å². The molecule has 1 aliphatic heterocycles. The summed E-state index contributed by atoms with van der Waals surface area (Å²) >= 11 is 0. The van der Waals surface area contributed by atoms with Crippen molar-refractivity contribution >= 4 is 11.8 Å². The van der Waals surface area contributed by atoms with Crippen LogP contribution < -0.4 is 0 Å². The van der Waals surface area contributed by atoms with Gasteiger partial charge in [0.2, 0.25) is 0 Å². The second-order valence-electron chi connectivity index (χ2n) is 6.84. The van der Waals surface area contributed by atoms with Crippen molar-refractivity contribution in [2.45, 2.75) is 58.5 Å². The molecule has 2 rings (SSSR count). The molecule has 1 saturated carbocycles. The highest BCUT2D eigenvalue weighted by atomic mass is 16.6. The zero-order valence-corrected chi connectivity index (χ0v) is 12.1. The van der Waals surface area contributed by atoms with Crippen molar-refractivity contribution < 1.29 is 19.4 Å². The normalized spacial score (nSPS) is 36.7. The van der Waals surface area contributed by atoms with Crippen molar-refractivity contribution in [1.29, 1.82) is 0 Å². The Morgan fingerprint density at radius 3 is 2.58 bits per heavy atom. The van der Waals surface area contributed by atoms with Gasteiger partial charge in [0, 0.05) is 25.2 Å². The van der Waals surface area contributed by atoms with Gasteiger partial charge in [0.05, 0.1) is 6.61 Å². The van der Waals surface area contributed by atoms with Crippen LogP contribution >= 0.6 is 0 Å². The highest BCUT2D eigenvalue weighted by Gasteiger charge is 2.59. The summed E-state index contributed by atoms with van der Waals surface area (Å²) in [6.45, 7) is 5.89. The number of rotatable bonds is 5. The molecule has 4 nitrogen and oxygen atoms in total. The van der Waals surface area contributed by atoms with Crippen LogP contribution in [0.15, 0.2) is 0 Å². The lowest BCUT2D eigenvalue weighted by molar-refractivity contribution is -0.186. The highest BCUT2D eigenvalue weighted by molar-refractivity contribution is 5.75. The number of ether oxygens (including phenoxy) is 1. The predicted molar refractivity (Wildman–Crippen MR) is 70.4 cm³/mol. The lowest BCUT2D eigenvalue weighted by atomic mass is 9.49. The van der Waals surface area contributed by atoms with Crippen LogP contribution in [-0.4, -0.2) is 29.1 Å². The number of Topliss-reactive ketones (excluding diaryl/α,β-unsaturated/α-hetero) is 1. The van der Waals surface area contributed by atoms with Crippen molar-refractivity contribution in [2.24, 2.45) is 17.3 Å². The van der Waals surface area contributed by atoms with E-state index in [4.69, 9.17) is 4.74 Å². The second-order valence-corrected chi connectivity index (χ2v) is 6.84. The quantitative estimate of drug-likeness (QED) is 0.775. The zero-order chi connectivity index (χ0) is 14.3. The van der Waals surface area contributed by atoms with Crippen LogP contribution in [0, 0.1) is 17.3 Å². The third kappa shape index (κ3) is 2.55. The molecule has 0 bridgehead atoms. The third-order valence-corrected chi connectivity index (χ3v) is 5.06. The summed E-state index contributed by atoms with van der Waals surface area (Å²) in [5.74, 6) is 0.528. The van der Waals surface area contributed by atoms with Crippen LogP contribution in [0.3, 0.4) is 0 Å². The van der Waals surface area contributed by atoms with Gasteiger partial charge in [0.15, 0.2) is 0 Å². The predicted octanol–water partition coefficient (Wildman–Crippen LogP) is 2.09. The van der Waals surface area contributed by atoms with Crippen molar-refractivity contribution in [1.82, 2.24) is 0 Å². The van der Waals surface area contributed by atoms with Crippen molar-refractivity contribution in [2.75, 3.05) is 6.61 Å². The number of hydrogen-bond donors (Lipinski definition) is 1. The lowest BCUT2D eigenvalue weighted by Gasteiger charge is -2.57. The Kier molecular flexibility index (Phi) is 3.74. The van der Waals surface area contributed by atoms with Crippen LogP contribution in [0.4, 0.5) is 0 Å². The number of carbonyl (C=O) groups excluding carboxylic acids is 2. The Morgan fingerprint density at radius 1 is 1.47 bits per heavy atom. The number of cyclic esters (lactones) is 1. The van der Waals surface area contributed by atoms with E-state index < -0.39 is 5.60 Å². The average molecular weight is 268 g/mol. The van der Waals surface area contributed by atoms with Gasteiger partial charge in [-0.3, -0.25) is 4.79 Å². The van der Waals surface area contributed by atoms with Gasteiger partial charge >= 0.3 is 5.97 Å². The maximum absolute atomic E-state index is 11.4. The molecule has 1 heterocycles. The molecule has 0 spiro atoms. The maximum atomic E-state index is 11.4. The van der Waals surface area contributed by atoms with Gasteiger partial charge in [-0.2, -0.15) is 0 Å². The van der Waals surface area contributed by atoms with Crippen LogP contribution in [0.2, 0.25) is 0 Å². The van der Waals surface area contributed by atoms with Crippen molar-refractivity contribution in [3.05, 3.63) is 0 Å². The number of aliphatic hydroxyl groups excluding tert-OH is 1. The first-order chi connectivity index (χ1) is 8.81. The van der Waals surface area contributed by atoms with Gasteiger partial charge in [-0.1, -0.05) is 13.8 Å². The van der Waals surface area contributed by atoms with Crippen LogP contribution in [0.1, 0.15) is 52.9 Å². The van der Waals surface area contributed by atoms with Crippen molar-refractivity contribution in [3.8, 4) is 0 Å². The average Bonchev–Trinajstić information content (AvgIpc) is 2.69. The van der Waals surface area contributed by atoms with Crippen LogP contribution in [0.5, 0.6) is 0 Å². The van der Waals surface area contributed by atoms with Gasteiger partial charge in [-0.05, 0) is 31.1 Å². The lowest BCUT2D eigenvalue weighted by Crippen LogP contribution is -2.57. The molecule has 1 saturated heterocycles. The number of ketones is 1. The Bertz CT molecular complexity index is 388. The summed E-state index contributed by atoms with van der Waals surface area (Å²) < 4.78 is 5.46. The molecule has 0 aromatic rings. The van der Waals surface area contributed by atoms with E-state index in [0.717, 1.165) is 12.8 Å². The molecule has 108 valence electrons. The summed E-state index contributed by atoms with van der Waals surface area (Å²) in [5, 5.41) is 9.69. The fourth-order valence-electron chi connectivity index (χ4n) is 3.88. The molecule has 2 fully saturated rings. The second kappa shape index (κ2) is 4.89.